The average molecular weight is 308 g/mol. The summed E-state index contributed by atoms with van der Waals surface area (Å²) in [5.41, 5.74) is 0. The Morgan fingerprint density at radius 2 is 0.812 bits per heavy atom. The Bertz CT molecular complexity index is 198. The van der Waals surface area contributed by atoms with E-state index < -0.39 is 24.3 Å². The molecule has 5 nitrogen and oxygen atoms in total. The maximum atomic E-state index is 10.5. The first-order valence-corrected chi connectivity index (χ1v) is 2.45. The molecule has 1 radical (unpaired) electrons. The van der Waals surface area contributed by atoms with Gasteiger partial charge in [0.2, 0.25) is 0 Å². The second kappa shape index (κ2) is 8.19. The van der Waals surface area contributed by atoms with Crippen LogP contribution in [0.4, 0.5) is 26.3 Å². The van der Waals surface area contributed by atoms with E-state index in [1.54, 1.807) is 0 Å². The maximum absolute atomic E-state index is 10.5. The summed E-state index contributed by atoms with van der Waals surface area (Å²) in [6, 6.07) is 0. The van der Waals surface area contributed by atoms with Gasteiger partial charge < -0.3 is 25.3 Å². The topological polar surface area (TPSA) is 112 Å². The quantitative estimate of drug-likeness (QED) is 0.372. The third-order valence-corrected chi connectivity index (χ3v) is 0.463. The van der Waals surface area contributed by atoms with E-state index in [1.165, 1.54) is 0 Å². The Kier molecular flexibility index (Phi) is 12.4. The van der Waals surface area contributed by atoms with Crippen molar-refractivity contribution in [2.24, 2.45) is 0 Å². The van der Waals surface area contributed by atoms with Gasteiger partial charge >= 0.3 is 12.4 Å². The monoisotopic (exact) mass is 307 g/mol. The van der Waals surface area contributed by atoms with Crippen LogP contribution in [0.15, 0.2) is 0 Å². The summed E-state index contributed by atoms with van der Waals surface area (Å²) in [7, 11) is 0. The van der Waals surface area contributed by atoms with Gasteiger partial charge in [-0.25, -0.2) is 0 Å². The van der Waals surface area contributed by atoms with Gasteiger partial charge in [-0.3, -0.25) is 0 Å². The number of carbonyl (C=O) groups is 2. The van der Waals surface area contributed by atoms with Gasteiger partial charge in [0.05, 0.1) is 0 Å². The van der Waals surface area contributed by atoms with E-state index in [9.17, 15) is 26.3 Å². The molecular formula is C4H2CuF6O5-2. The van der Waals surface area contributed by atoms with Crippen LogP contribution < -0.4 is 10.2 Å². The Hall–Kier alpha value is -1.00. The number of alkyl halides is 6. The first-order valence-electron chi connectivity index (χ1n) is 2.45. The molecule has 0 aliphatic carbocycles. The molecular weight excluding hydrogens is 306 g/mol. The number of rotatable bonds is 0. The smallest absolute Gasteiger partial charge is 0.430 e. The summed E-state index contributed by atoms with van der Waals surface area (Å²) in [6.45, 7) is 0. The minimum Gasteiger partial charge on any atom is -0.542 e. The van der Waals surface area contributed by atoms with Crippen LogP contribution in [-0.4, -0.2) is 29.8 Å². The average Bonchev–Trinajstić information content (AvgIpc) is 1.83. The number of hydrogen-bond donors (Lipinski definition) is 0. The molecule has 16 heavy (non-hydrogen) atoms. The largest absolute Gasteiger partial charge is 0.542 e. The zero-order valence-corrected chi connectivity index (χ0v) is 7.64. The SMILES string of the molecule is O.O=C([O-])C(F)(F)F.O=C([O-])C(F)(F)F.[Cu]. The summed E-state index contributed by atoms with van der Waals surface area (Å²) >= 11 is 0. The number of hydrogen-bond acceptors (Lipinski definition) is 4. The van der Waals surface area contributed by atoms with Crippen molar-refractivity contribution in [3.8, 4) is 0 Å². The molecule has 0 aliphatic rings. The number of carboxylic acids is 2. The molecule has 0 aromatic rings. The van der Waals surface area contributed by atoms with Gasteiger partial charge in [-0.05, 0) is 0 Å². The van der Waals surface area contributed by atoms with Crippen molar-refractivity contribution in [3.05, 3.63) is 0 Å². The van der Waals surface area contributed by atoms with Crippen LogP contribution in [0.25, 0.3) is 0 Å². The first kappa shape index (κ1) is 24.3. The summed E-state index contributed by atoms with van der Waals surface area (Å²) in [5.74, 6) is -6.01. The molecule has 0 saturated heterocycles. The maximum Gasteiger partial charge on any atom is 0.430 e. The van der Waals surface area contributed by atoms with Gasteiger partial charge in [-0.15, -0.1) is 0 Å². The summed E-state index contributed by atoms with van der Waals surface area (Å²) in [5, 5.41) is 17.6. The molecule has 0 bridgehead atoms. The van der Waals surface area contributed by atoms with Crippen molar-refractivity contribution in [2.45, 2.75) is 12.4 Å². The Balaban J connectivity index is -0.0000000800. The van der Waals surface area contributed by atoms with E-state index in [-0.39, 0.29) is 22.5 Å². The standard InChI is InChI=1S/2C2HF3O2.Cu.H2O/c2*3-2(4,5)1(6)7;;/h2*(H,6,7);;1H2/p-2. The van der Waals surface area contributed by atoms with E-state index in [4.69, 9.17) is 19.8 Å². The zero-order chi connectivity index (χ0) is 12.2. The molecule has 0 atom stereocenters. The predicted octanol–water partition coefficient (Wildman–Crippen LogP) is -2.23. The number of aliphatic carboxylic acids is 2. The van der Waals surface area contributed by atoms with Crippen LogP contribution in [0.3, 0.4) is 0 Å². The molecule has 0 amide bonds. The van der Waals surface area contributed by atoms with Gasteiger partial charge in [0, 0.05) is 17.1 Å². The minimum atomic E-state index is -5.19. The summed E-state index contributed by atoms with van der Waals surface area (Å²) in [4.78, 5) is 17.6. The number of carboxylic acid groups (broad SMARTS) is 2. The van der Waals surface area contributed by atoms with E-state index in [2.05, 4.69) is 0 Å². The number of halogens is 6. The molecule has 0 saturated carbocycles. The normalized spacial score (nSPS) is 9.88. The number of carbonyl (C=O) groups excluding carboxylic acids is 2. The molecule has 0 aliphatic heterocycles. The molecule has 0 heterocycles. The van der Waals surface area contributed by atoms with Crippen molar-refractivity contribution >= 4 is 11.9 Å². The molecule has 0 unspecified atom stereocenters. The van der Waals surface area contributed by atoms with Gasteiger partial charge in [-0.2, -0.15) is 26.3 Å². The zero-order valence-electron chi connectivity index (χ0n) is 6.70. The third-order valence-electron chi connectivity index (χ3n) is 0.463. The Labute approximate surface area is 93.8 Å². The Morgan fingerprint density at radius 1 is 0.750 bits per heavy atom. The van der Waals surface area contributed by atoms with E-state index >= 15 is 0 Å². The molecule has 2 N–H and O–H groups in total. The van der Waals surface area contributed by atoms with E-state index in [0.29, 0.717) is 0 Å². The fourth-order valence-corrected chi connectivity index (χ4v) is 0. The van der Waals surface area contributed by atoms with Crippen LogP contribution in [0.1, 0.15) is 0 Å². The molecule has 0 fully saturated rings. The van der Waals surface area contributed by atoms with Crippen molar-refractivity contribution in [3.63, 3.8) is 0 Å². The molecule has 103 valence electrons. The van der Waals surface area contributed by atoms with Gasteiger partial charge in [0.1, 0.15) is 11.9 Å². The first-order chi connectivity index (χ1) is 5.89. The van der Waals surface area contributed by atoms with Crippen LogP contribution in [0, 0.1) is 0 Å². The molecule has 12 heteroatoms. The molecule has 0 aromatic carbocycles. The minimum absolute atomic E-state index is 0. The fraction of sp³-hybridized carbons (Fsp3) is 0.500. The van der Waals surface area contributed by atoms with Crippen molar-refractivity contribution in [1.82, 2.24) is 0 Å². The van der Waals surface area contributed by atoms with Crippen LogP contribution >= 0.6 is 0 Å². The van der Waals surface area contributed by atoms with Crippen molar-refractivity contribution in [1.29, 1.82) is 0 Å². The summed E-state index contributed by atoms with van der Waals surface area (Å²) < 4.78 is 63.1. The molecule has 0 aromatic heterocycles. The molecule has 0 rings (SSSR count). The molecule has 0 spiro atoms. The van der Waals surface area contributed by atoms with Gasteiger partial charge in [0.25, 0.3) is 0 Å². The van der Waals surface area contributed by atoms with Gasteiger partial charge in [-0.1, -0.05) is 0 Å². The van der Waals surface area contributed by atoms with Gasteiger partial charge in [0.15, 0.2) is 0 Å². The predicted molar refractivity (Wildman–Crippen MR) is 25.7 cm³/mol. The second-order valence-corrected chi connectivity index (χ2v) is 1.57. The van der Waals surface area contributed by atoms with Crippen molar-refractivity contribution in [2.75, 3.05) is 0 Å². The summed E-state index contributed by atoms with van der Waals surface area (Å²) in [6.07, 6.45) is -10.4. The van der Waals surface area contributed by atoms with Crippen LogP contribution in [-0.2, 0) is 26.7 Å². The Morgan fingerprint density at radius 3 is 0.812 bits per heavy atom. The third kappa shape index (κ3) is 15.5. The second-order valence-electron chi connectivity index (χ2n) is 1.57. The van der Waals surface area contributed by atoms with E-state index in [0.717, 1.165) is 0 Å². The fourth-order valence-electron chi connectivity index (χ4n) is 0. The van der Waals surface area contributed by atoms with Crippen LogP contribution in [0.2, 0.25) is 0 Å². The van der Waals surface area contributed by atoms with Crippen molar-refractivity contribution < 1.29 is 68.7 Å². The van der Waals surface area contributed by atoms with E-state index in [1.807, 2.05) is 0 Å². The van der Waals surface area contributed by atoms with Crippen LogP contribution in [0.5, 0.6) is 0 Å².